The lowest BCUT2D eigenvalue weighted by Crippen LogP contribution is -1.98. The first-order chi connectivity index (χ1) is 5.36. The van der Waals surface area contributed by atoms with Gasteiger partial charge >= 0.3 is 0 Å². The van der Waals surface area contributed by atoms with Crippen molar-refractivity contribution >= 4 is 0 Å². The molecule has 0 aliphatic heterocycles. The minimum atomic E-state index is -0.177. The number of hydrogen-bond acceptors (Lipinski definition) is 5. The van der Waals surface area contributed by atoms with Crippen molar-refractivity contribution in [3.05, 3.63) is 11.8 Å². The lowest BCUT2D eigenvalue weighted by Gasteiger charge is -1.96. The SMILES string of the molecule is COCOc1cc(CO)on1. The van der Waals surface area contributed by atoms with E-state index < -0.39 is 0 Å². The molecule has 0 spiro atoms. The Hall–Kier alpha value is -1.07. The van der Waals surface area contributed by atoms with Gasteiger partial charge < -0.3 is 19.1 Å². The van der Waals surface area contributed by atoms with Gasteiger partial charge in [-0.25, -0.2) is 0 Å². The predicted molar refractivity (Wildman–Crippen MR) is 34.9 cm³/mol. The van der Waals surface area contributed by atoms with Crippen LogP contribution >= 0.6 is 0 Å². The molecule has 1 N–H and O–H groups in total. The third-order valence-corrected chi connectivity index (χ3v) is 1.02. The fraction of sp³-hybridized carbons (Fsp3) is 0.500. The van der Waals surface area contributed by atoms with Gasteiger partial charge in [0, 0.05) is 13.2 Å². The molecule has 1 heterocycles. The topological polar surface area (TPSA) is 64.7 Å². The van der Waals surface area contributed by atoms with Crippen LogP contribution in [0.25, 0.3) is 0 Å². The largest absolute Gasteiger partial charge is 0.448 e. The molecule has 0 radical (unpaired) electrons. The zero-order chi connectivity index (χ0) is 8.10. The highest BCUT2D eigenvalue weighted by molar-refractivity contribution is 5.09. The predicted octanol–water partition coefficient (Wildman–Crippen LogP) is 0.150. The summed E-state index contributed by atoms with van der Waals surface area (Å²) in [7, 11) is 1.51. The summed E-state index contributed by atoms with van der Waals surface area (Å²) in [6.45, 7) is -0.0548. The van der Waals surface area contributed by atoms with Crippen molar-refractivity contribution in [2.75, 3.05) is 13.9 Å². The second-order valence-electron chi connectivity index (χ2n) is 1.84. The van der Waals surface area contributed by atoms with Gasteiger partial charge in [-0.2, -0.15) is 0 Å². The van der Waals surface area contributed by atoms with Gasteiger partial charge in [0.25, 0.3) is 5.88 Å². The van der Waals surface area contributed by atoms with Gasteiger partial charge in [-0.3, -0.25) is 0 Å². The zero-order valence-electron chi connectivity index (χ0n) is 6.11. The summed E-state index contributed by atoms with van der Waals surface area (Å²) in [5, 5.41) is 12.0. The molecule has 0 unspecified atom stereocenters. The molecule has 0 fully saturated rings. The summed E-state index contributed by atoms with van der Waals surface area (Å²) in [6, 6.07) is 1.50. The van der Waals surface area contributed by atoms with E-state index in [9.17, 15) is 0 Å². The van der Waals surface area contributed by atoms with Crippen LogP contribution in [-0.2, 0) is 11.3 Å². The minimum Gasteiger partial charge on any atom is -0.448 e. The molecule has 1 rings (SSSR count). The summed E-state index contributed by atoms with van der Waals surface area (Å²) in [6.07, 6.45) is 0. The number of hydrogen-bond donors (Lipinski definition) is 1. The Morgan fingerprint density at radius 1 is 1.73 bits per heavy atom. The molecular weight excluding hydrogens is 150 g/mol. The van der Waals surface area contributed by atoms with Gasteiger partial charge in [-0.05, 0) is 5.16 Å². The molecule has 5 nitrogen and oxygen atoms in total. The summed E-state index contributed by atoms with van der Waals surface area (Å²) in [5.74, 6) is 0.687. The molecule has 5 heteroatoms. The smallest absolute Gasteiger partial charge is 0.256 e. The van der Waals surface area contributed by atoms with Crippen molar-refractivity contribution in [2.45, 2.75) is 6.61 Å². The van der Waals surface area contributed by atoms with Crippen LogP contribution in [0.1, 0.15) is 5.76 Å². The van der Waals surface area contributed by atoms with Gasteiger partial charge in [-0.15, -0.1) is 0 Å². The van der Waals surface area contributed by atoms with Crippen LogP contribution < -0.4 is 4.74 Å². The van der Waals surface area contributed by atoms with Crippen molar-refractivity contribution in [2.24, 2.45) is 0 Å². The Labute approximate surface area is 63.5 Å². The van der Waals surface area contributed by atoms with Crippen molar-refractivity contribution in [3.8, 4) is 5.88 Å². The second kappa shape index (κ2) is 3.95. The summed E-state index contributed by atoms with van der Waals surface area (Å²) >= 11 is 0. The molecule has 0 atom stereocenters. The van der Waals surface area contributed by atoms with E-state index >= 15 is 0 Å². The first-order valence-electron chi connectivity index (χ1n) is 3.05. The first-order valence-corrected chi connectivity index (χ1v) is 3.05. The van der Waals surface area contributed by atoms with Crippen molar-refractivity contribution in [3.63, 3.8) is 0 Å². The molecule has 0 bridgehead atoms. The fourth-order valence-electron chi connectivity index (χ4n) is 0.556. The number of nitrogens with zero attached hydrogens (tertiary/aromatic N) is 1. The normalized spacial score (nSPS) is 10.0. The Kier molecular flexibility index (Phi) is 2.88. The Bertz CT molecular complexity index is 210. The Balaban J connectivity index is 2.44. The lowest BCUT2D eigenvalue weighted by molar-refractivity contribution is 0.0452. The lowest BCUT2D eigenvalue weighted by atomic mass is 10.5. The standard InChI is InChI=1S/C6H9NO4/c1-9-4-10-6-2-5(3-8)11-7-6/h2,8H,3-4H2,1H3. The van der Waals surface area contributed by atoms with Crippen LogP contribution in [0.5, 0.6) is 5.88 Å². The quantitative estimate of drug-likeness (QED) is 0.633. The highest BCUT2D eigenvalue weighted by Crippen LogP contribution is 2.10. The minimum absolute atomic E-state index is 0.122. The Morgan fingerprint density at radius 2 is 2.55 bits per heavy atom. The number of rotatable bonds is 4. The maximum Gasteiger partial charge on any atom is 0.256 e. The molecule has 0 saturated heterocycles. The van der Waals surface area contributed by atoms with Crippen molar-refractivity contribution in [1.82, 2.24) is 5.16 Å². The number of aliphatic hydroxyl groups excluding tert-OH is 1. The van der Waals surface area contributed by atoms with Gasteiger partial charge in [0.2, 0.25) is 0 Å². The monoisotopic (exact) mass is 159 g/mol. The number of aromatic nitrogens is 1. The summed E-state index contributed by atoms with van der Waals surface area (Å²) in [5.41, 5.74) is 0. The summed E-state index contributed by atoms with van der Waals surface area (Å²) < 4.78 is 14.2. The molecule has 0 aromatic carbocycles. The molecule has 1 aromatic rings. The van der Waals surface area contributed by atoms with Crippen molar-refractivity contribution in [1.29, 1.82) is 0 Å². The molecule has 0 amide bonds. The number of methoxy groups -OCH3 is 1. The van der Waals surface area contributed by atoms with Gasteiger partial charge in [0.05, 0.1) is 0 Å². The van der Waals surface area contributed by atoms with E-state index in [-0.39, 0.29) is 13.4 Å². The van der Waals surface area contributed by atoms with E-state index in [1.807, 2.05) is 0 Å². The van der Waals surface area contributed by atoms with Gasteiger partial charge in [0.15, 0.2) is 12.6 Å². The zero-order valence-corrected chi connectivity index (χ0v) is 6.11. The average Bonchev–Trinajstić information content (AvgIpc) is 2.48. The molecule has 0 aliphatic rings. The van der Waals surface area contributed by atoms with E-state index in [2.05, 4.69) is 14.4 Å². The van der Waals surface area contributed by atoms with E-state index in [1.165, 1.54) is 13.2 Å². The van der Waals surface area contributed by atoms with Crippen LogP contribution in [0.2, 0.25) is 0 Å². The first kappa shape index (κ1) is 8.03. The maximum absolute atomic E-state index is 8.56. The van der Waals surface area contributed by atoms with Crippen LogP contribution in [0.15, 0.2) is 10.6 Å². The third kappa shape index (κ3) is 2.21. The molecular formula is C6H9NO4. The second-order valence-corrected chi connectivity index (χ2v) is 1.84. The van der Waals surface area contributed by atoms with E-state index in [0.29, 0.717) is 11.6 Å². The summed E-state index contributed by atoms with van der Waals surface area (Å²) in [4.78, 5) is 0. The van der Waals surface area contributed by atoms with E-state index in [1.54, 1.807) is 0 Å². The fourth-order valence-corrected chi connectivity index (χ4v) is 0.556. The van der Waals surface area contributed by atoms with Gasteiger partial charge in [-0.1, -0.05) is 0 Å². The Morgan fingerprint density at radius 3 is 3.09 bits per heavy atom. The molecule has 11 heavy (non-hydrogen) atoms. The van der Waals surface area contributed by atoms with E-state index in [4.69, 9.17) is 9.84 Å². The number of aliphatic hydroxyl groups is 1. The molecule has 1 aromatic heterocycles. The van der Waals surface area contributed by atoms with Crippen LogP contribution in [0.3, 0.4) is 0 Å². The highest BCUT2D eigenvalue weighted by atomic mass is 16.7. The van der Waals surface area contributed by atoms with E-state index in [0.717, 1.165) is 0 Å². The maximum atomic E-state index is 8.56. The molecule has 0 aliphatic carbocycles. The average molecular weight is 159 g/mol. The molecule has 62 valence electrons. The van der Waals surface area contributed by atoms with Gasteiger partial charge in [0.1, 0.15) is 6.61 Å². The van der Waals surface area contributed by atoms with Crippen LogP contribution in [-0.4, -0.2) is 24.2 Å². The number of ether oxygens (including phenoxy) is 2. The van der Waals surface area contributed by atoms with Crippen molar-refractivity contribution < 1.29 is 19.1 Å². The molecule has 0 saturated carbocycles. The van der Waals surface area contributed by atoms with Crippen LogP contribution in [0.4, 0.5) is 0 Å². The highest BCUT2D eigenvalue weighted by Gasteiger charge is 2.01. The third-order valence-electron chi connectivity index (χ3n) is 1.02. The van der Waals surface area contributed by atoms with Crippen LogP contribution in [0, 0.1) is 0 Å².